The van der Waals surface area contributed by atoms with Gasteiger partial charge in [0.25, 0.3) is 0 Å². The largest absolute Gasteiger partial charge is 0.371 e. The summed E-state index contributed by atoms with van der Waals surface area (Å²) in [6.45, 7) is 8.44. The maximum absolute atomic E-state index is 12.9. The maximum atomic E-state index is 12.9. The second kappa shape index (κ2) is 12.8. The minimum absolute atomic E-state index is 0.0288. The number of amides is 1. The summed E-state index contributed by atoms with van der Waals surface area (Å²) >= 11 is 0. The van der Waals surface area contributed by atoms with E-state index in [0.717, 1.165) is 76.1 Å². The first-order chi connectivity index (χ1) is 21.7. The molecule has 2 saturated heterocycles. The van der Waals surface area contributed by atoms with Crippen LogP contribution in [0.5, 0.6) is 0 Å². The number of benzene rings is 2. The van der Waals surface area contributed by atoms with Gasteiger partial charge in [-0.15, -0.1) is 0 Å². The Morgan fingerprint density at radius 3 is 2.40 bits per heavy atom. The molecule has 10 heteroatoms. The number of carbonyl (C=O) groups is 1. The Labute approximate surface area is 266 Å². The fourth-order valence-corrected chi connectivity index (χ4v) is 9.21. The number of nitriles is 1. The number of nitrogens with zero attached hydrogens (tertiary/aromatic N) is 5. The van der Waals surface area contributed by atoms with Crippen LogP contribution < -0.4 is 10.2 Å². The molecule has 3 aliphatic rings. The van der Waals surface area contributed by atoms with Crippen molar-refractivity contribution in [3.8, 4) is 6.07 Å². The molecule has 3 heterocycles. The average molecular weight is 627 g/mol. The standard InChI is InChI=1S/C35H42N6O3S/c1-3-34(42)38-33-11-7-10-32(33)35(25-36,27-8-5-4-6-9-27)28-16-18-40(19-17-28)21-26-22-41(23-26)29-12-14-30(15-13-29)45(43,44)31-20-37-39(2)24-31/h3-6,8-9,12-15,20,24,26,28,32-33H,1,7,10-11,16-19,21-23H2,2H3,(H,38,42)/t32-,33-,35?/m1/s1. The summed E-state index contributed by atoms with van der Waals surface area (Å²) in [6, 6.07) is 20.2. The van der Waals surface area contributed by atoms with Gasteiger partial charge in [0, 0.05) is 56.4 Å². The van der Waals surface area contributed by atoms with E-state index < -0.39 is 15.3 Å². The van der Waals surface area contributed by atoms with Gasteiger partial charge in [-0.05, 0) is 80.6 Å². The van der Waals surface area contributed by atoms with Crippen LogP contribution in [0.3, 0.4) is 0 Å². The number of anilines is 1. The summed E-state index contributed by atoms with van der Waals surface area (Å²) in [4.78, 5) is 17.6. The molecule has 1 amide bonds. The molecule has 1 N–H and O–H groups in total. The van der Waals surface area contributed by atoms with Crippen molar-refractivity contribution in [3.05, 3.63) is 85.2 Å². The molecule has 3 fully saturated rings. The van der Waals surface area contributed by atoms with Crippen molar-refractivity contribution < 1.29 is 13.2 Å². The molecular weight excluding hydrogens is 584 g/mol. The van der Waals surface area contributed by atoms with Crippen molar-refractivity contribution in [2.24, 2.45) is 24.8 Å². The van der Waals surface area contributed by atoms with E-state index in [2.05, 4.69) is 45.0 Å². The van der Waals surface area contributed by atoms with Gasteiger partial charge in [0.15, 0.2) is 0 Å². The van der Waals surface area contributed by atoms with Crippen LogP contribution >= 0.6 is 0 Å². The molecule has 3 atom stereocenters. The molecule has 6 rings (SSSR count). The fraction of sp³-hybridized carbons (Fsp3) is 0.457. The highest BCUT2D eigenvalue weighted by Gasteiger charge is 2.52. The smallest absolute Gasteiger partial charge is 0.243 e. The summed E-state index contributed by atoms with van der Waals surface area (Å²) in [5, 5.41) is 18.1. The van der Waals surface area contributed by atoms with E-state index in [1.807, 2.05) is 30.3 Å². The lowest BCUT2D eigenvalue weighted by Gasteiger charge is -2.48. The number of aryl methyl sites for hydroxylation is 1. The Morgan fingerprint density at radius 1 is 1.07 bits per heavy atom. The van der Waals surface area contributed by atoms with Crippen LogP contribution in [0.2, 0.25) is 0 Å². The van der Waals surface area contributed by atoms with Crippen molar-refractivity contribution in [1.82, 2.24) is 20.0 Å². The van der Waals surface area contributed by atoms with E-state index in [9.17, 15) is 18.5 Å². The van der Waals surface area contributed by atoms with E-state index in [4.69, 9.17) is 0 Å². The van der Waals surface area contributed by atoms with Crippen molar-refractivity contribution in [2.75, 3.05) is 37.6 Å². The highest BCUT2D eigenvalue weighted by Crippen LogP contribution is 2.50. The van der Waals surface area contributed by atoms with Crippen LogP contribution in [0, 0.1) is 29.1 Å². The van der Waals surface area contributed by atoms with E-state index in [1.54, 1.807) is 19.2 Å². The number of piperidine rings is 1. The first kappa shape index (κ1) is 31.1. The van der Waals surface area contributed by atoms with Gasteiger partial charge in [0.05, 0.1) is 22.6 Å². The lowest BCUT2D eigenvalue weighted by Crippen LogP contribution is -2.55. The predicted molar refractivity (Wildman–Crippen MR) is 173 cm³/mol. The average Bonchev–Trinajstić information content (AvgIpc) is 3.70. The molecule has 236 valence electrons. The van der Waals surface area contributed by atoms with Crippen molar-refractivity contribution in [1.29, 1.82) is 5.26 Å². The monoisotopic (exact) mass is 626 g/mol. The Balaban J connectivity index is 1.07. The van der Waals surface area contributed by atoms with Crippen LogP contribution in [0.25, 0.3) is 0 Å². The minimum Gasteiger partial charge on any atom is -0.371 e. The van der Waals surface area contributed by atoms with Crippen LogP contribution in [0.15, 0.2) is 89.4 Å². The van der Waals surface area contributed by atoms with Gasteiger partial charge in [-0.25, -0.2) is 8.42 Å². The van der Waals surface area contributed by atoms with Gasteiger partial charge in [-0.1, -0.05) is 43.3 Å². The molecule has 0 bridgehead atoms. The molecule has 2 aliphatic heterocycles. The number of sulfone groups is 1. The quantitative estimate of drug-likeness (QED) is 0.334. The highest BCUT2D eigenvalue weighted by molar-refractivity contribution is 7.91. The molecule has 2 aromatic carbocycles. The topological polar surface area (TPSA) is 111 Å². The van der Waals surface area contributed by atoms with Crippen molar-refractivity contribution in [2.45, 2.75) is 53.4 Å². The van der Waals surface area contributed by atoms with Crippen LogP contribution in [0.1, 0.15) is 37.7 Å². The van der Waals surface area contributed by atoms with Crippen LogP contribution in [0.4, 0.5) is 5.69 Å². The lowest BCUT2D eigenvalue weighted by molar-refractivity contribution is -0.117. The third-order valence-electron chi connectivity index (χ3n) is 10.3. The predicted octanol–water partition coefficient (Wildman–Crippen LogP) is 4.33. The molecule has 45 heavy (non-hydrogen) atoms. The molecule has 3 aromatic rings. The molecule has 1 saturated carbocycles. The van der Waals surface area contributed by atoms with Gasteiger partial charge >= 0.3 is 0 Å². The Kier molecular flexibility index (Phi) is 8.85. The van der Waals surface area contributed by atoms with E-state index >= 15 is 0 Å². The number of hydrogen-bond acceptors (Lipinski definition) is 7. The molecule has 0 spiro atoms. The first-order valence-electron chi connectivity index (χ1n) is 16.0. The van der Waals surface area contributed by atoms with E-state index in [1.165, 1.54) is 23.2 Å². The van der Waals surface area contributed by atoms with Crippen LogP contribution in [-0.4, -0.2) is 67.8 Å². The normalized spacial score (nSPS) is 22.7. The Hall–Kier alpha value is -3.94. The molecule has 1 aromatic heterocycles. The van der Waals surface area contributed by atoms with Gasteiger partial charge < -0.3 is 15.1 Å². The second-order valence-corrected chi connectivity index (χ2v) is 14.8. The van der Waals surface area contributed by atoms with Gasteiger partial charge in [0.1, 0.15) is 4.90 Å². The number of aromatic nitrogens is 2. The Bertz CT molecular complexity index is 1650. The molecule has 0 radical (unpaired) electrons. The van der Waals surface area contributed by atoms with Crippen molar-refractivity contribution >= 4 is 21.4 Å². The molecule has 1 aliphatic carbocycles. The van der Waals surface area contributed by atoms with Gasteiger partial charge in [-0.2, -0.15) is 10.4 Å². The molecule has 1 unspecified atom stereocenters. The summed E-state index contributed by atoms with van der Waals surface area (Å²) in [5.74, 6) is 0.661. The second-order valence-electron chi connectivity index (χ2n) is 12.9. The van der Waals surface area contributed by atoms with E-state index in [0.29, 0.717) is 5.92 Å². The number of hydrogen-bond donors (Lipinski definition) is 1. The lowest BCUT2D eigenvalue weighted by atomic mass is 9.59. The number of likely N-dealkylation sites (tertiary alicyclic amines) is 1. The highest BCUT2D eigenvalue weighted by atomic mass is 32.2. The maximum Gasteiger partial charge on any atom is 0.243 e. The third-order valence-corrected chi connectivity index (χ3v) is 12.0. The third kappa shape index (κ3) is 6.03. The summed E-state index contributed by atoms with van der Waals surface area (Å²) in [6.07, 6.45) is 8.94. The summed E-state index contributed by atoms with van der Waals surface area (Å²) in [5.41, 5.74) is 1.46. The van der Waals surface area contributed by atoms with Crippen molar-refractivity contribution in [3.63, 3.8) is 0 Å². The minimum atomic E-state index is -3.58. The fourth-order valence-electron chi connectivity index (χ4n) is 7.97. The molecular formula is C35H42N6O3S. The van der Waals surface area contributed by atoms with Gasteiger partial charge in [0.2, 0.25) is 15.7 Å². The summed E-state index contributed by atoms with van der Waals surface area (Å²) in [7, 11) is -1.88. The first-order valence-corrected chi connectivity index (χ1v) is 17.4. The SMILES string of the molecule is C=CC(=O)N[C@@H]1CCC[C@H]1C(C#N)(c1ccccc1)C1CCN(CC2CN(c3ccc(S(=O)(=O)c4cnn(C)c4)cc3)C2)CC1. The number of carbonyl (C=O) groups excluding carboxylic acids is 1. The molecule has 9 nitrogen and oxygen atoms in total. The zero-order chi connectivity index (χ0) is 31.6. The number of nitrogens with one attached hydrogen (secondary N) is 1. The summed E-state index contributed by atoms with van der Waals surface area (Å²) < 4.78 is 27.3. The zero-order valence-corrected chi connectivity index (χ0v) is 26.7. The van der Waals surface area contributed by atoms with E-state index in [-0.39, 0.29) is 33.6 Å². The number of rotatable bonds is 10. The van der Waals surface area contributed by atoms with Crippen LogP contribution in [-0.2, 0) is 27.1 Å². The van der Waals surface area contributed by atoms with Gasteiger partial charge in [-0.3, -0.25) is 9.48 Å². The zero-order valence-electron chi connectivity index (χ0n) is 25.9. The Morgan fingerprint density at radius 2 is 1.78 bits per heavy atom.